The van der Waals surface area contributed by atoms with E-state index in [1.165, 1.54) is 29.0 Å². The topological polar surface area (TPSA) is 49.0 Å². The first kappa shape index (κ1) is 15.1. The van der Waals surface area contributed by atoms with Crippen LogP contribution in [0, 0.1) is 12.7 Å². The van der Waals surface area contributed by atoms with E-state index < -0.39 is 0 Å². The minimum Gasteiger partial charge on any atom is -0.360 e. The molecule has 0 saturated heterocycles. The molecule has 1 N–H and O–H groups in total. The van der Waals surface area contributed by atoms with E-state index in [1.54, 1.807) is 12.3 Å². The minimum absolute atomic E-state index is 0.0388. The largest absolute Gasteiger partial charge is 0.360 e. The number of carbonyl (C=O) groups excluding carboxylic acids is 1. The van der Waals surface area contributed by atoms with E-state index >= 15 is 0 Å². The van der Waals surface area contributed by atoms with Gasteiger partial charge in [0.05, 0.1) is 11.2 Å². The fraction of sp³-hybridized carbons (Fsp3) is 0.222. The molecule has 1 aliphatic rings. The fourth-order valence-corrected chi connectivity index (χ4v) is 3.82. The monoisotopic (exact) mass is 341 g/mol. The molecule has 6 heteroatoms. The number of carbonyl (C=O) groups is 1. The molecular formula is C18H16FN3OS. The molecule has 2 aromatic heterocycles. The van der Waals surface area contributed by atoms with Crippen molar-refractivity contribution >= 4 is 33.7 Å². The third kappa shape index (κ3) is 2.63. The number of benzene rings is 1. The van der Waals surface area contributed by atoms with Gasteiger partial charge in [-0.15, -0.1) is 11.3 Å². The Morgan fingerprint density at radius 1 is 1.42 bits per heavy atom. The molecule has 1 amide bonds. The van der Waals surface area contributed by atoms with Gasteiger partial charge in [0.2, 0.25) is 0 Å². The zero-order valence-electron chi connectivity index (χ0n) is 13.2. The number of hydrogen-bond acceptors (Lipinski definition) is 3. The lowest BCUT2D eigenvalue weighted by Crippen LogP contribution is -2.34. The van der Waals surface area contributed by atoms with Crippen molar-refractivity contribution in [3.63, 3.8) is 0 Å². The summed E-state index contributed by atoms with van der Waals surface area (Å²) >= 11 is 1.43. The number of nitrogens with one attached hydrogen (secondary N) is 1. The Morgan fingerprint density at radius 3 is 3.00 bits per heavy atom. The summed E-state index contributed by atoms with van der Waals surface area (Å²) in [5.74, 6) is -0.206. The first-order chi connectivity index (χ1) is 11.6. The summed E-state index contributed by atoms with van der Waals surface area (Å²) in [5.41, 5.74) is 3.08. The van der Waals surface area contributed by atoms with E-state index in [4.69, 9.17) is 0 Å². The first-order valence-electron chi connectivity index (χ1n) is 7.79. The van der Waals surface area contributed by atoms with Gasteiger partial charge >= 0.3 is 0 Å². The average molecular weight is 341 g/mol. The molecule has 122 valence electrons. The lowest BCUT2D eigenvalue weighted by molar-refractivity contribution is 0.0777. The van der Waals surface area contributed by atoms with Crippen molar-refractivity contribution in [1.82, 2.24) is 14.9 Å². The summed E-state index contributed by atoms with van der Waals surface area (Å²) in [6.07, 6.45) is 6.44. The van der Waals surface area contributed by atoms with E-state index in [1.807, 2.05) is 18.0 Å². The SMILES string of the molecule is Cc1ncc(C(=O)N2CC=C(c3c[nH]c4cc(F)ccc34)CC2)s1. The minimum atomic E-state index is -0.245. The van der Waals surface area contributed by atoms with Crippen LogP contribution in [0.5, 0.6) is 0 Å². The molecule has 0 fully saturated rings. The average Bonchev–Trinajstić information content (AvgIpc) is 3.20. The van der Waals surface area contributed by atoms with Crippen LogP contribution >= 0.6 is 11.3 Å². The summed E-state index contributed by atoms with van der Waals surface area (Å²) in [6, 6.07) is 4.78. The smallest absolute Gasteiger partial charge is 0.265 e. The molecule has 3 aromatic rings. The van der Waals surface area contributed by atoms with Crippen molar-refractivity contribution in [2.24, 2.45) is 0 Å². The highest BCUT2D eigenvalue weighted by Gasteiger charge is 2.21. The van der Waals surface area contributed by atoms with Crippen molar-refractivity contribution in [2.45, 2.75) is 13.3 Å². The number of aromatic nitrogens is 2. The Hall–Kier alpha value is -2.47. The van der Waals surface area contributed by atoms with Crippen LogP contribution in [0.3, 0.4) is 0 Å². The normalized spacial score (nSPS) is 14.9. The highest BCUT2D eigenvalue weighted by atomic mass is 32.1. The van der Waals surface area contributed by atoms with Gasteiger partial charge in [0.25, 0.3) is 5.91 Å². The molecule has 0 spiro atoms. The number of thiazole rings is 1. The van der Waals surface area contributed by atoms with Crippen LogP contribution in [-0.2, 0) is 0 Å². The second kappa shape index (κ2) is 5.87. The predicted octanol–water partition coefficient (Wildman–Crippen LogP) is 4.00. The molecule has 4 rings (SSSR count). The zero-order valence-corrected chi connectivity index (χ0v) is 14.0. The highest BCUT2D eigenvalue weighted by Crippen LogP contribution is 2.30. The molecule has 0 atom stereocenters. The molecule has 0 unspecified atom stereocenters. The van der Waals surface area contributed by atoms with E-state index in [0.717, 1.165) is 27.9 Å². The van der Waals surface area contributed by atoms with Gasteiger partial charge in [-0.1, -0.05) is 6.08 Å². The van der Waals surface area contributed by atoms with E-state index in [-0.39, 0.29) is 11.7 Å². The van der Waals surface area contributed by atoms with E-state index in [9.17, 15) is 9.18 Å². The summed E-state index contributed by atoms with van der Waals surface area (Å²) in [6.45, 7) is 3.16. The third-order valence-electron chi connectivity index (χ3n) is 4.32. The van der Waals surface area contributed by atoms with E-state index in [2.05, 4.69) is 16.0 Å². The summed E-state index contributed by atoms with van der Waals surface area (Å²) in [7, 11) is 0. The molecule has 4 nitrogen and oxygen atoms in total. The number of rotatable bonds is 2. The van der Waals surface area contributed by atoms with Crippen LogP contribution in [0.1, 0.15) is 26.7 Å². The van der Waals surface area contributed by atoms with Crippen LogP contribution < -0.4 is 0 Å². The Labute approximate surface area is 142 Å². The number of aromatic amines is 1. The first-order valence-corrected chi connectivity index (χ1v) is 8.61. The van der Waals surface area contributed by atoms with Gasteiger partial charge in [0.1, 0.15) is 10.7 Å². The molecule has 1 aliphatic heterocycles. The standard InChI is InChI=1S/C18H16FN3OS/c1-11-20-10-17(24-11)18(23)22-6-4-12(5-7-22)15-9-21-16-8-13(19)2-3-14(15)16/h2-4,8-10,21H,5-7H2,1H3. The van der Waals surface area contributed by atoms with Gasteiger partial charge < -0.3 is 9.88 Å². The van der Waals surface area contributed by atoms with Gasteiger partial charge in [0, 0.05) is 35.8 Å². The van der Waals surface area contributed by atoms with Gasteiger partial charge in [-0.3, -0.25) is 4.79 Å². The zero-order chi connectivity index (χ0) is 16.7. The molecule has 0 aliphatic carbocycles. The van der Waals surface area contributed by atoms with E-state index in [0.29, 0.717) is 18.0 Å². The van der Waals surface area contributed by atoms with Crippen LogP contribution in [0.25, 0.3) is 16.5 Å². The third-order valence-corrected chi connectivity index (χ3v) is 5.22. The second-order valence-corrected chi connectivity index (χ2v) is 7.10. The number of H-pyrrole nitrogens is 1. The number of fused-ring (bicyclic) bond motifs is 1. The molecule has 1 aromatic carbocycles. The molecule has 0 bridgehead atoms. The van der Waals surface area contributed by atoms with Crippen LogP contribution in [0.4, 0.5) is 4.39 Å². The lowest BCUT2D eigenvalue weighted by Gasteiger charge is -2.26. The van der Waals surface area contributed by atoms with Crippen molar-refractivity contribution < 1.29 is 9.18 Å². The maximum atomic E-state index is 13.3. The maximum absolute atomic E-state index is 13.3. The number of hydrogen-bond donors (Lipinski definition) is 1. The number of amides is 1. The highest BCUT2D eigenvalue weighted by molar-refractivity contribution is 7.13. The van der Waals surface area contributed by atoms with Crippen LogP contribution in [0.15, 0.2) is 36.7 Å². The fourth-order valence-electron chi connectivity index (χ4n) is 3.08. The molecule has 24 heavy (non-hydrogen) atoms. The van der Waals surface area contributed by atoms with Crippen LogP contribution in [0.2, 0.25) is 0 Å². The van der Waals surface area contributed by atoms with Crippen molar-refractivity contribution in [2.75, 3.05) is 13.1 Å². The predicted molar refractivity (Wildman–Crippen MR) is 93.6 cm³/mol. The lowest BCUT2D eigenvalue weighted by atomic mass is 9.99. The molecule has 3 heterocycles. The van der Waals surface area contributed by atoms with Crippen molar-refractivity contribution in [3.05, 3.63) is 57.9 Å². The van der Waals surface area contributed by atoms with Gasteiger partial charge in [-0.25, -0.2) is 9.37 Å². The van der Waals surface area contributed by atoms with Gasteiger partial charge in [-0.2, -0.15) is 0 Å². The number of nitrogens with zero attached hydrogens (tertiary/aromatic N) is 2. The summed E-state index contributed by atoms with van der Waals surface area (Å²) < 4.78 is 13.3. The Balaban J connectivity index is 1.56. The van der Waals surface area contributed by atoms with Crippen LogP contribution in [-0.4, -0.2) is 33.9 Å². The molecule has 0 saturated carbocycles. The molecule has 0 radical (unpaired) electrons. The maximum Gasteiger partial charge on any atom is 0.265 e. The van der Waals surface area contributed by atoms with Crippen molar-refractivity contribution in [1.29, 1.82) is 0 Å². The summed E-state index contributed by atoms with van der Waals surface area (Å²) in [4.78, 5) is 22.3. The quantitative estimate of drug-likeness (QED) is 0.766. The second-order valence-electron chi connectivity index (χ2n) is 5.87. The molecular weight excluding hydrogens is 325 g/mol. The van der Waals surface area contributed by atoms with Gasteiger partial charge in [-0.05, 0) is 37.1 Å². The number of halogens is 1. The van der Waals surface area contributed by atoms with Crippen molar-refractivity contribution in [3.8, 4) is 0 Å². The van der Waals surface area contributed by atoms with Gasteiger partial charge in [0.15, 0.2) is 0 Å². The number of aryl methyl sites for hydroxylation is 1. The Kier molecular flexibility index (Phi) is 3.69. The Morgan fingerprint density at radius 2 is 2.29 bits per heavy atom. The Bertz CT molecular complexity index is 956. The summed E-state index contributed by atoms with van der Waals surface area (Å²) in [5, 5.41) is 1.91.